The van der Waals surface area contributed by atoms with Crippen LogP contribution in [0, 0.1) is 0 Å². The van der Waals surface area contributed by atoms with E-state index in [2.05, 4.69) is 10.5 Å². The molecule has 0 bridgehead atoms. The number of nitrogens with one attached hydrogen (secondary N) is 1. The number of benzene rings is 1. The zero-order valence-electron chi connectivity index (χ0n) is 12.7. The Labute approximate surface area is 139 Å². The number of aryl methyl sites for hydroxylation is 1. The van der Waals surface area contributed by atoms with Gasteiger partial charge in [0.1, 0.15) is 5.76 Å². The van der Waals surface area contributed by atoms with Crippen molar-refractivity contribution in [1.82, 2.24) is 5.16 Å². The number of hydrogen-bond donors (Lipinski definition) is 1. The van der Waals surface area contributed by atoms with Gasteiger partial charge < -0.3 is 9.84 Å². The summed E-state index contributed by atoms with van der Waals surface area (Å²) >= 11 is 12.0. The van der Waals surface area contributed by atoms with Crippen LogP contribution in [0.15, 0.2) is 28.8 Å². The molecule has 0 aliphatic heterocycles. The zero-order valence-corrected chi connectivity index (χ0v) is 14.3. The van der Waals surface area contributed by atoms with Gasteiger partial charge in [0.2, 0.25) is 5.91 Å². The smallest absolute Gasteiger partial charge is 0.225 e. The molecule has 0 saturated heterocycles. The second-order valence-corrected chi connectivity index (χ2v) is 6.87. The monoisotopic (exact) mass is 340 g/mol. The Bertz CT molecular complexity index is 675. The normalized spacial score (nSPS) is 11.5. The van der Waals surface area contributed by atoms with E-state index < -0.39 is 0 Å². The fourth-order valence-electron chi connectivity index (χ4n) is 1.88. The van der Waals surface area contributed by atoms with E-state index in [-0.39, 0.29) is 17.7 Å². The van der Waals surface area contributed by atoms with E-state index in [4.69, 9.17) is 27.7 Å². The van der Waals surface area contributed by atoms with Gasteiger partial charge in [0.25, 0.3) is 0 Å². The minimum Gasteiger partial charge on any atom is -0.359 e. The van der Waals surface area contributed by atoms with Crippen molar-refractivity contribution in [1.29, 1.82) is 0 Å². The molecule has 0 saturated carbocycles. The summed E-state index contributed by atoms with van der Waals surface area (Å²) in [5, 5.41) is 7.56. The van der Waals surface area contributed by atoms with Crippen molar-refractivity contribution >= 4 is 34.9 Å². The fraction of sp³-hybridized carbons (Fsp3) is 0.375. The molecule has 0 unspecified atom stereocenters. The Balaban J connectivity index is 1.93. The largest absolute Gasteiger partial charge is 0.359 e. The molecule has 118 valence electrons. The number of halogens is 2. The number of rotatable bonds is 4. The van der Waals surface area contributed by atoms with Gasteiger partial charge in [-0.1, -0.05) is 61.3 Å². The van der Waals surface area contributed by atoms with Crippen LogP contribution < -0.4 is 5.32 Å². The van der Waals surface area contributed by atoms with E-state index in [1.54, 1.807) is 12.1 Å². The molecule has 0 aliphatic carbocycles. The molecule has 0 spiro atoms. The first-order chi connectivity index (χ1) is 10.3. The molecule has 2 rings (SSSR count). The number of carbonyl (C=O) groups excluding carboxylic acids is 1. The third-order valence-electron chi connectivity index (χ3n) is 3.17. The number of hydrogen-bond acceptors (Lipinski definition) is 3. The number of nitrogens with zero attached hydrogens (tertiary/aromatic N) is 1. The van der Waals surface area contributed by atoms with E-state index >= 15 is 0 Å². The van der Waals surface area contributed by atoms with Crippen LogP contribution in [0.4, 0.5) is 5.82 Å². The maximum Gasteiger partial charge on any atom is 0.225 e. The maximum atomic E-state index is 12.0. The third-order valence-corrected chi connectivity index (χ3v) is 4.03. The van der Waals surface area contributed by atoms with E-state index in [1.165, 1.54) is 0 Å². The highest BCUT2D eigenvalue weighted by Gasteiger charge is 2.20. The molecule has 0 aliphatic rings. The Morgan fingerprint density at radius 1 is 1.32 bits per heavy atom. The topological polar surface area (TPSA) is 55.1 Å². The number of anilines is 1. The van der Waals surface area contributed by atoms with Gasteiger partial charge in [-0.25, -0.2) is 0 Å². The first kappa shape index (κ1) is 16.8. The van der Waals surface area contributed by atoms with E-state index in [0.717, 1.165) is 11.3 Å². The Morgan fingerprint density at radius 2 is 2.05 bits per heavy atom. The zero-order chi connectivity index (χ0) is 16.3. The maximum absolute atomic E-state index is 12.0. The number of carbonyl (C=O) groups is 1. The van der Waals surface area contributed by atoms with Gasteiger partial charge in [-0.2, -0.15) is 0 Å². The second kappa shape index (κ2) is 6.71. The van der Waals surface area contributed by atoms with Crippen LogP contribution in [0.3, 0.4) is 0 Å². The molecule has 1 amide bonds. The first-order valence-corrected chi connectivity index (χ1v) is 7.73. The van der Waals surface area contributed by atoms with Crippen molar-refractivity contribution in [3.63, 3.8) is 0 Å². The Morgan fingerprint density at radius 3 is 2.68 bits per heavy atom. The van der Waals surface area contributed by atoms with Crippen LogP contribution in [-0.2, 0) is 16.6 Å². The quantitative estimate of drug-likeness (QED) is 0.865. The molecule has 1 N–H and O–H groups in total. The summed E-state index contributed by atoms with van der Waals surface area (Å²) in [5.74, 6) is 0.998. The summed E-state index contributed by atoms with van der Waals surface area (Å²) in [6, 6.07) is 7.13. The number of aromatic nitrogens is 1. The molecule has 1 aromatic carbocycles. The van der Waals surface area contributed by atoms with Crippen molar-refractivity contribution < 1.29 is 9.32 Å². The highest BCUT2D eigenvalue weighted by molar-refractivity contribution is 6.42. The molecule has 22 heavy (non-hydrogen) atoms. The molecule has 0 fully saturated rings. The SMILES string of the molecule is CC(C)(C)c1cc(NC(=O)CCc2cccc(Cl)c2Cl)no1. The highest BCUT2D eigenvalue weighted by atomic mass is 35.5. The Kier molecular flexibility index (Phi) is 5.14. The summed E-state index contributed by atoms with van der Waals surface area (Å²) in [6.07, 6.45) is 0.799. The van der Waals surface area contributed by atoms with Crippen LogP contribution in [-0.4, -0.2) is 11.1 Å². The van der Waals surface area contributed by atoms with Crippen LogP contribution in [0.25, 0.3) is 0 Å². The van der Waals surface area contributed by atoms with Crippen molar-refractivity contribution in [2.45, 2.75) is 39.0 Å². The standard InChI is InChI=1S/C16H18Cl2N2O2/c1-16(2,3)12-9-13(20-22-12)19-14(21)8-7-10-5-4-6-11(17)15(10)18/h4-6,9H,7-8H2,1-3H3,(H,19,20,21). The van der Waals surface area contributed by atoms with Crippen molar-refractivity contribution in [2.75, 3.05) is 5.32 Å². The first-order valence-electron chi connectivity index (χ1n) is 6.97. The van der Waals surface area contributed by atoms with E-state index in [9.17, 15) is 4.79 Å². The fourth-order valence-corrected chi connectivity index (χ4v) is 2.30. The summed E-state index contributed by atoms with van der Waals surface area (Å²) in [7, 11) is 0. The van der Waals surface area contributed by atoms with Crippen LogP contribution in [0.2, 0.25) is 10.0 Å². The average molecular weight is 341 g/mol. The van der Waals surface area contributed by atoms with Gasteiger partial charge in [0, 0.05) is 17.9 Å². The number of amides is 1. The second-order valence-electron chi connectivity index (χ2n) is 6.09. The molecule has 0 atom stereocenters. The molecule has 1 aromatic heterocycles. The van der Waals surface area contributed by atoms with Crippen LogP contribution in [0.1, 0.15) is 38.5 Å². The van der Waals surface area contributed by atoms with E-state index in [1.807, 2.05) is 32.9 Å². The lowest BCUT2D eigenvalue weighted by Gasteiger charge is -2.12. The van der Waals surface area contributed by atoms with Crippen molar-refractivity contribution in [2.24, 2.45) is 0 Å². The molecular weight excluding hydrogens is 323 g/mol. The molecule has 6 heteroatoms. The lowest BCUT2D eigenvalue weighted by Crippen LogP contribution is -2.13. The van der Waals surface area contributed by atoms with Gasteiger partial charge >= 0.3 is 0 Å². The van der Waals surface area contributed by atoms with Crippen LogP contribution >= 0.6 is 23.2 Å². The van der Waals surface area contributed by atoms with Gasteiger partial charge in [-0.15, -0.1) is 0 Å². The predicted octanol–water partition coefficient (Wildman–Crippen LogP) is 4.85. The molecular formula is C16H18Cl2N2O2. The van der Waals surface area contributed by atoms with Crippen molar-refractivity contribution in [3.05, 3.63) is 45.6 Å². The molecule has 1 heterocycles. The van der Waals surface area contributed by atoms with Gasteiger partial charge in [-0.3, -0.25) is 4.79 Å². The molecule has 2 aromatic rings. The third kappa shape index (κ3) is 4.24. The van der Waals surface area contributed by atoms with Crippen molar-refractivity contribution in [3.8, 4) is 0 Å². The summed E-state index contributed by atoms with van der Waals surface area (Å²) in [4.78, 5) is 12.0. The summed E-state index contributed by atoms with van der Waals surface area (Å²) in [6.45, 7) is 6.04. The molecule has 0 radical (unpaired) electrons. The van der Waals surface area contributed by atoms with Crippen LogP contribution in [0.5, 0.6) is 0 Å². The minimum absolute atomic E-state index is 0.148. The summed E-state index contributed by atoms with van der Waals surface area (Å²) < 4.78 is 5.22. The molecule has 4 nitrogen and oxygen atoms in total. The van der Waals surface area contributed by atoms with Gasteiger partial charge in [0.15, 0.2) is 5.82 Å². The Hall–Kier alpha value is -1.52. The lowest BCUT2D eigenvalue weighted by atomic mass is 9.93. The minimum atomic E-state index is -0.149. The van der Waals surface area contributed by atoms with Gasteiger partial charge in [-0.05, 0) is 18.1 Å². The lowest BCUT2D eigenvalue weighted by molar-refractivity contribution is -0.116. The van der Waals surface area contributed by atoms with E-state index in [0.29, 0.717) is 22.3 Å². The summed E-state index contributed by atoms with van der Waals surface area (Å²) in [5.41, 5.74) is 0.699. The predicted molar refractivity (Wildman–Crippen MR) is 88.6 cm³/mol. The average Bonchev–Trinajstić information content (AvgIpc) is 2.89. The van der Waals surface area contributed by atoms with Gasteiger partial charge in [0.05, 0.1) is 10.0 Å². The highest BCUT2D eigenvalue weighted by Crippen LogP contribution is 2.27.